The number of nitrogens with one attached hydrogen (secondary N) is 1. The van der Waals surface area contributed by atoms with Crippen LogP contribution >= 0.6 is 15.9 Å². The van der Waals surface area contributed by atoms with Gasteiger partial charge in [0.15, 0.2) is 11.5 Å². The number of fused-ring (bicyclic) bond motifs is 1. The molecule has 0 atom stereocenters. The van der Waals surface area contributed by atoms with Gasteiger partial charge < -0.3 is 14.5 Å². The molecule has 1 N–H and O–H groups in total. The average Bonchev–Trinajstić information content (AvgIpc) is 2.89. The first kappa shape index (κ1) is 14.0. The van der Waals surface area contributed by atoms with E-state index in [9.17, 15) is 10.1 Å². The Balaban J connectivity index is 1.84. The Bertz CT molecular complexity index is 730. The quantitative estimate of drug-likeness (QED) is 0.891. The third kappa shape index (κ3) is 2.62. The number of carbonyl (C=O) groups is 1. The third-order valence-corrected chi connectivity index (χ3v) is 3.96. The van der Waals surface area contributed by atoms with Crippen LogP contribution in [0.2, 0.25) is 0 Å². The van der Waals surface area contributed by atoms with Gasteiger partial charge in [-0.2, -0.15) is 5.26 Å². The van der Waals surface area contributed by atoms with Gasteiger partial charge in [-0.05, 0) is 28.8 Å². The van der Waals surface area contributed by atoms with Crippen LogP contribution in [-0.4, -0.2) is 33.5 Å². The van der Waals surface area contributed by atoms with Gasteiger partial charge in [-0.1, -0.05) is 0 Å². The molecule has 0 spiro atoms. The molecular weight excluding hydrogens is 338 g/mol. The van der Waals surface area contributed by atoms with Crippen molar-refractivity contribution < 1.29 is 9.53 Å². The van der Waals surface area contributed by atoms with Crippen molar-refractivity contribution in [2.75, 3.05) is 18.5 Å². The van der Waals surface area contributed by atoms with Crippen LogP contribution < -0.4 is 5.32 Å². The number of halogens is 1. The highest BCUT2D eigenvalue weighted by molar-refractivity contribution is 9.10. The van der Waals surface area contributed by atoms with Crippen LogP contribution in [0, 0.1) is 16.7 Å². The van der Waals surface area contributed by atoms with E-state index in [1.165, 1.54) is 0 Å². The fraction of sp³-hybridized carbons (Fsp3) is 0.385. The lowest BCUT2D eigenvalue weighted by Crippen LogP contribution is -2.40. The van der Waals surface area contributed by atoms with Crippen molar-refractivity contribution in [1.82, 2.24) is 14.4 Å². The molecule has 3 heterocycles. The zero-order valence-electron chi connectivity index (χ0n) is 11.0. The summed E-state index contributed by atoms with van der Waals surface area (Å²) in [7, 11) is 0. The molecule has 7 nitrogen and oxygen atoms in total. The van der Waals surface area contributed by atoms with Gasteiger partial charge in [0.2, 0.25) is 5.91 Å². The summed E-state index contributed by atoms with van der Waals surface area (Å²) < 4.78 is 7.64. The molecule has 1 amide bonds. The Morgan fingerprint density at radius 3 is 2.95 bits per heavy atom. The summed E-state index contributed by atoms with van der Waals surface area (Å²) in [6.45, 7) is 0.839. The van der Waals surface area contributed by atoms with Crippen molar-refractivity contribution >= 4 is 33.3 Å². The van der Waals surface area contributed by atoms with Crippen molar-refractivity contribution in [1.29, 1.82) is 5.26 Å². The molecule has 1 fully saturated rings. The number of imidazole rings is 1. The van der Waals surface area contributed by atoms with Gasteiger partial charge in [0.25, 0.3) is 0 Å². The van der Waals surface area contributed by atoms with E-state index in [0.717, 1.165) is 0 Å². The van der Waals surface area contributed by atoms with E-state index in [2.05, 4.69) is 37.3 Å². The summed E-state index contributed by atoms with van der Waals surface area (Å²) in [6.07, 6.45) is 5.82. The fourth-order valence-electron chi connectivity index (χ4n) is 2.28. The van der Waals surface area contributed by atoms with Crippen LogP contribution in [0.15, 0.2) is 23.2 Å². The minimum atomic E-state index is -1.03. The highest BCUT2D eigenvalue weighted by Gasteiger charge is 2.40. The molecule has 0 aromatic carbocycles. The zero-order valence-corrected chi connectivity index (χ0v) is 12.6. The monoisotopic (exact) mass is 349 g/mol. The first-order chi connectivity index (χ1) is 10.1. The van der Waals surface area contributed by atoms with Crippen LogP contribution in [0.3, 0.4) is 0 Å². The second kappa shape index (κ2) is 5.42. The van der Waals surface area contributed by atoms with Gasteiger partial charge in [0, 0.05) is 19.4 Å². The number of hydrogen-bond donors (Lipinski definition) is 1. The molecule has 8 heteroatoms. The van der Waals surface area contributed by atoms with Crippen LogP contribution in [0.25, 0.3) is 5.65 Å². The van der Waals surface area contributed by atoms with Crippen molar-refractivity contribution in [3.8, 4) is 6.07 Å². The Morgan fingerprint density at radius 2 is 2.24 bits per heavy atom. The molecular formula is C13H12BrN5O2. The molecule has 3 rings (SSSR count). The number of ether oxygens (including phenoxy) is 1. The van der Waals surface area contributed by atoms with E-state index in [1.54, 1.807) is 23.0 Å². The van der Waals surface area contributed by atoms with E-state index in [4.69, 9.17) is 4.74 Å². The second-order valence-corrected chi connectivity index (χ2v) is 5.67. The zero-order chi connectivity index (χ0) is 14.9. The normalized spacial score (nSPS) is 17.3. The molecule has 1 saturated heterocycles. The smallest absolute Gasteiger partial charge is 0.246 e. The predicted octanol–water partition coefficient (Wildman–Crippen LogP) is 1.75. The van der Waals surface area contributed by atoms with Crippen LogP contribution in [0.4, 0.5) is 5.82 Å². The highest BCUT2D eigenvalue weighted by Crippen LogP contribution is 2.31. The number of hydrogen-bond acceptors (Lipinski definition) is 5. The van der Waals surface area contributed by atoms with Gasteiger partial charge in [-0.3, -0.25) is 4.79 Å². The molecule has 2 aromatic rings. The standard InChI is InChI=1S/C13H12BrN5O2/c14-9-6-19-7-10(17-11(19)5-16-9)18-12(20)13(8-15)1-3-21-4-2-13/h5-7H,1-4H2,(H,18,20). The first-order valence-corrected chi connectivity index (χ1v) is 7.23. The molecule has 1 aliphatic heterocycles. The Hall–Kier alpha value is -1.98. The van der Waals surface area contributed by atoms with Crippen molar-refractivity contribution in [2.45, 2.75) is 12.8 Å². The summed E-state index contributed by atoms with van der Waals surface area (Å²) in [5.41, 5.74) is -0.418. The van der Waals surface area contributed by atoms with E-state index in [-0.39, 0.29) is 5.91 Å². The summed E-state index contributed by atoms with van der Waals surface area (Å²) in [5.74, 6) is 0.0738. The van der Waals surface area contributed by atoms with Crippen LogP contribution in [-0.2, 0) is 9.53 Å². The lowest BCUT2D eigenvalue weighted by Gasteiger charge is -2.28. The van der Waals surface area contributed by atoms with Gasteiger partial charge in [0.1, 0.15) is 10.0 Å². The lowest BCUT2D eigenvalue weighted by atomic mass is 9.81. The summed E-state index contributed by atoms with van der Waals surface area (Å²) in [5, 5.41) is 12.1. The van der Waals surface area contributed by atoms with Crippen molar-refractivity contribution in [3.05, 3.63) is 23.2 Å². The Kier molecular flexibility index (Phi) is 3.61. The minimum absolute atomic E-state index is 0.330. The number of carbonyl (C=O) groups excluding carboxylic acids is 1. The molecule has 0 saturated carbocycles. The van der Waals surface area contributed by atoms with Crippen molar-refractivity contribution in [2.24, 2.45) is 5.41 Å². The number of nitriles is 1. The number of amides is 1. The topological polar surface area (TPSA) is 92.3 Å². The molecule has 108 valence electrons. The number of nitrogens with zero attached hydrogens (tertiary/aromatic N) is 4. The average molecular weight is 350 g/mol. The molecule has 0 unspecified atom stereocenters. The largest absolute Gasteiger partial charge is 0.381 e. The van der Waals surface area contributed by atoms with E-state index in [0.29, 0.717) is 42.1 Å². The third-order valence-electron chi connectivity index (χ3n) is 3.55. The lowest BCUT2D eigenvalue weighted by molar-refractivity contribution is -0.126. The molecule has 21 heavy (non-hydrogen) atoms. The summed E-state index contributed by atoms with van der Waals surface area (Å²) >= 11 is 3.27. The highest BCUT2D eigenvalue weighted by atomic mass is 79.9. The molecule has 0 radical (unpaired) electrons. The Morgan fingerprint density at radius 1 is 1.48 bits per heavy atom. The maximum absolute atomic E-state index is 12.4. The van der Waals surface area contributed by atoms with Gasteiger partial charge in [-0.15, -0.1) is 0 Å². The van der Waals surface area contributed by atoms with Gasteiger partial charge in [-0.25, -0.2) is 9.97 Å². The Labute approximate surface area is 129 Å². The van der Waals surface area contributed by atoms with E-state index in [1.807, 2.05) is 0 Å². The van der Waals surface area contributed by atoms with Crippen molar-refractivity contribution in [3.63, 3.8) is 0 Å². The maximum atomic E-state index is 12.4. The number of rotatable bonds is 2. The molecule has 0 bridgehead atoms. The number of aromatic nitrogens is 3. The minimum Gasteiger partial charge on any atom is -0.381 e. The van der Waals surface area contributed by atoms with Gasteiger partial charge in [0.05, 0.1) is 18.5 Å². The van der Waals surface area contributed by atoms with Gasteiger partial charge >= 0.3 is 0 Å². The molecule has 2 aromatic heterocycles. The first-order valence-electron chi connectivity index (χ1n) is 6.44. The summed E-state index contributed by atoms with van der Waals surface area (Å²) in [6, 6.07) is 2.13. The second-order valence-electron chi connectivity index (χ2n) is 4.86. The number of anilines is 1. The van der Waals surface area contributed by atoms with E-state index >= 15 is 0 Å². The fourth-order valence-corrected chi connectivity index (χ4v) is 2.60. The maximum Gasteiger partial charge on any atom is 0.246 e. The van der Waals surface area contributed by atoms with E-state index < -0.39 is 5.41 Å². The molecule has 0 aliphatic carbocycles. The predicted molar refractivity (Wildman–Crippen MR) is 77.4 cm³/mol. The molecule has 1 aliphatic rings. The SMILES string of the molecule is N#CC1(C(=O)Nc2cn3cc(Br)ncc3n2)CCOCC1. The summed E-state index contributed by atoms with van der Waals surface area (Å²) in [4.78, 5) is 20.7. The van der Waals surface area contributed by atoms with Crippen LogP contribution in [0.1, 0.15) is 12.8 Å². The van der Waals surface area contributed by atoms with Crippen LogP contribution in [0.5, 0.6) is 0 Å².